The minimum absolute atomic E-state index is 0.114. The highest BCUT2D eigenvalue weighted by atomic mass is 16.5. The first-order valence-electron chi connectivity index (χ1n) is 7.99. The highest BCUT2D eigenvalue weighted by Crippen LogP contribution is 2.53. The number of rotatable bonds is 4. The van der Waals surface area contributed by atoms with Crippen LogP contribution in [0.4, 0.5) is 0 Å². The fourth-order valence-corrected chi connectivity index (χ4v) is 4.03. The van der Waals surface area contributed by atoms with Gasteiger partial charge in [-0.25, -0.2) is 0 Å². The lowest BCUT2D eigenvalue weighted by Crippen LogP contribution is -2.37. The number of hydrogen-bond acceptors (Lipinski definition) is 1. The Kier molecular flexibility index (Phi) is 4.12. The summed E-state index contributed by atoms with van der Waals surface area (Å²) in [6, 6.07) is 21.7. The third kappa shape index (κ3) is 2.63. The van der Waals surface area contributed by atoms with Gasteiger partial charge in [0.05, 0.1) is 5.60 Å². The van der Waals surface area contributed by atoms with E-state index in [0.717, 1.165) is 6.61 Å². The van der Waals surface area contributed by atoms with Gasteiger partial charge >= 0.3 is 0 Å². The second kappa shape index (κ2) is 6.03. The van der Waals surface area contributed by atoms with Gasteiger partial charge in [0.1, 0.15) is 0 Å². The van der Waals surface area contributed by atoms with E-state index in [4.69, 9.17) is 4.74 Å². The number of ether oxygens (including phenoxy) is 1. The Labute approximate surface area is 128 Å². The van der Waals surface area contributed by atoms with Crippen LogP contribution in [0.1, 0.15) is 49.7 Å². The Morgan fingerprint density at radius 3 is 1.67 bits per heavy atom. The zero-order chi connectivity index (χ0) is 14.7. The van der Waals surface area contributed by atoms with Gasteiger partial charge in [0.15, 0.2) is 0 Å². The summed E-state index contributed by atoms with van der Waals surface area (Å²) in [5, 5.41) is 0. The lowest BCUT2D eigenvalue weighted by Gasteiger charge is -2.37. The van der Waals surface area contributed by atoms with Crippen LogP contribution in [0.2, 0.25) is 0 Å². The summed E-state index contributed by atoms with van der Waals surface area (Å²) in [6.07, 6.45) is 2.39. The van der Waals surface area contributed by atoms with Crippen LogP contribution < -0.4 is 0 Å². The first-order valence-corrected chi connectivity index (χ1v) is 7.99. The van der Waals surface area contributed by atoms with Crippen LogP contribution in [0, 0.1) is 0 Å². The average Bonchev–Trinajstić information content (AvgIpc) is 2.86. The van der Waals surface area contributed by atoms with Crippen molar-refractivity contribution >= 4 is 0 Å². The van der Waals surface area contributed by atoms with Crippen molar-refractivity contribution in [3.05, 3.63) is 71.8 Å². The molecule has 1 saturated carbocycles. The van der Waals surface area contributed by atoms with Crippen LogP contribution in [0.25, 0.3) is 0 Å². The molecule has 0 radical (unpaired) electrons. The fourth-order valence-electron chi connectivity index (χ4n) is 4.03. The smallest absolute Gasteiger partial charge is 0.0790 e. The van der Waals surface area contributed by atoms with Gasteiger partial charge in [0.2, 0.25) is 0 Å². The number of hydrogen-bond donors (Lipinski definition) is 0. The van der Waals surface area contributed by atoms with Crippen LogP contribution in [-0.2, 0) is 4.74 Å². The van der Waals surface area contributed by atoms with Crippen molar-refractivity contribution in [2.75, 3.05) is 6.61 Å². The van der Waals surface area contributed by atoms with E-state index >= 15 is 0 Å². The molecule has 0 N–H and O–H groups in total. The van der Waals surface area contributed by atoms with Crippen molar-refractivity contribution < 1.29 is 4.74 Å². The third-order valence-electron chi connectivity index (χ3n) is 4.99. The van der Waals surface area contributed by atoms with Crippen LogP contribution >= 0.6 is 0 Å². The lowest BCUT2D eigenvalue weighted by atomic mass is 9.78. The molecule has 1 fully saturated rings. The van der Waals surface area contributed by atoms with E-state index in [1.807, 2.05) is 0 Å². The van der Waals surface area contributed by atoms with Crippen molar-refractivity contribution in [1.82, 2.24) is 0 Å². The first kappa shape index (κ1) is 14.3. The Bertz CT molecular complexity index is 513. The van der Waals surface area contributed by atoms with Crippen LogP contribution in [-0.4, -0.2) is 12.2 Å². The van der Waals surface area contributed by atoms with E-state index in [1.165, 1.54) is 24.0 Å². The predicted octanol–water partition coefficient (Wildman–Crippen LogP) is 5.14. The summed E-state index contributed by atoms with van der Waals surface area (Å²) in [5.41, 5.74) is 2.70. The second-order valence-corrected chi connectivity index (χ2v) is 6.12. The topological polar surface area (TPSA) is 9.23 Å². The number of benzene rings is 2. The SMILES string of the molecule is CCOC1(C)[C@@H](c2ccccc2)CC[C@H]1c1ccccc1. The Morgan fingerprint density at radius 1 is 0.857 bits per heavy atom. The van der Waals surface area contributed by atoms with Crippen LogP contribution in [0.5, 0.6) is 0 Å². The average molecular weight is 280 g/mol. The molecule has 2 aromatic carbocycles. The van der Waals surface area contributed by atoms with E-state index in [-0.39, 0.29) is 5.60 Å². The summed E-state index contributed by atoms with van der Waals surface area (Å²) in [5.74, 6) is 0.952. The maximum atomic E-state index is 6.32. The first-order chi connectivity index (χ1) is 10.3. The standard InChI is InChI=1S/C20H24O/c1-3-21-20(2)18(16-10-6-4-7-11-16)14-15-19(20)17-12-8-5-9-13-17/h4-13,18-19H,3,14-15H2,1-2H3/t18-,19+,20?. The molecule has 0 spiro atoms. The Morgan fingerprint density at radius 2 is 1.29 bits per heavy atom. The zero-order valence-electron chi connectivity index (χ0n) is 13.0. The summed E-state index contributed by atoms with van der Waals surface area (Å²) in [6.45, 7) is 5.18. The summed E-state index contributed by atoms with van der Waals surface area (Å²) in [7, 11) is 0. The normalized spacial score (nSPS) is 28.7. The fraction of sp³-hybridized carbons (Fsp3) is 0.400. The molecule has 0 saturated heterocycles. The van der Waals surface area contributed by atoms with Gasteiger partial charge in [-0.1, -0.05) is 60.7 Å². The molecule has 1 unspecified atom stereocenters. The Hall–Kier alpha value is -1.60. The molecular weight excluding hydrogens is 256 g/mol. The molecule has 0 aliphatic heterocycles. The maximum Gasteiger partial charge on any atom is 0.0790 e. The minimum atomic E-state index is -0.114. The second-order valence-electron chi connectivity index (χ2n) is 6.12. The quantitative estimate of drug-likeness (QED) is 0.753. The van der Waals surface area contributed by atoms with Crippen LogP contribution in [0.15, 0.2) is 60.7 Å². The van der Waals surface area contributed by atoms with Crippen molar-refractivity contribution in [3.63, 3.8) is 0 Å². The van der Waals surface area contributed by atoms with E-state index in [0.29, 0.717) is 11.8 Å². The van der Waals surface area contributed by atoms with Crippen LogP contribution in [0.3, 0.4) is 0 Å². The molecule has 1 heteroatoms. The lowest BCUT2D eigenvalue weighted by molar-refractivity contribution is -0.0447. The van der Waals surface area contributed by atoms with Gasteiger partial charge in [-0.2, -0.15) is 0 Å². The molecule has 0 heterocycles. The Balaban J connectivity index is 1.97. The van der Waals surface area contributed by atoms with E-state index in [1.54, 1.807) is 0 Å². The van der Waals surface area contributed by atoms with Gasteiger partial charge < -0.3 is 4.74 Å². The van der Waals surface area contributed by atoms with Crippen molar-refractivity contribution in [3.8, 4) is 0 Å². The maximum absolute atomic E-state index is 6.32. The molecule has 0 bridgehead atoms. The molecule has 21 heavy (non-hydrogen) atoms. The molecule has 3 atom stereocenters. The highest BCUT2D eigenvalue weighted by Gasteiger charge is 2.48. The van der Waals surface area contributed by atoms with Crippen molar-refractivity contribution in [1.29, 1.82) is 0 Å². The molecule has 0 aromatic heterocycles. The van der Waals surface area contributed by atoms with Gasteiger partial charge in [-0.3, -0.25) is 0 Å². The molecule has 0 amide bonds. The monoisotopic (exact) mass is 280 g/mol. The van der Waals surface area contributed by atoms with Gasteiger partial charge in [0.25, 0.3) is 0 Å². The molecule has 110 valence electrons. The summed E-state index contributed by atoms with van der Waals surface area (Å²) < 4.78 is 6.32. The minimum Gasteiger partial charge on any atom is -0.374 e. The molecule has 2 aromatic rings. The molecule has 3 rings (SSSR count). The summed E-state index contributed by atoms with van der Waals surface area (Å²) in [4.78, 5) is 0. The van der Waals surface area contributed by atoms with Gasteiger partial charge in [-0.15, -0.1) is 0 Å². The zero-order valence-corrected chi connectivity index (χ0v) is 13.0. The van der Waals surface area contributed by atoms with Crippen molar-refractivity contribution in [2.45, 2.75) is 44.1 Å². The van der Waals surface area contributed by atoms with E-state index < -0.39 is 0 Å². The molecule has 1 nitrogen and oxygen atoms in total. The highest BCUT2D eigenvalue weighted by molar-refractivity contribution is 5.32. The molecule has 1 aliphatic carbocycles. The summed E-state index contributed by atoms with van der Waals surface area (Å²) >= 11 is 0. The van der Waals surface area contributed by atoms with E-state index in [9.17, 15) is 0 Å². The van der Waals surface area contributed by atoms with E-state index in [2.05, 4.69) is 74.5 Å². The third-order valence-corrected chi connectivity index (χ3v) is 4.99. The van der Waals surface area contributed by atoms with Crippen molar-refractivity contribution in [2.24, 2.45) is 0 Å². The predicted molar refractivity (Wildman–Crippen MR) is 87.6 cm³/mol. The largest absolute Gasteiger partial charge is 0.374 e. The molecular formula is C20H24O. The van der Waals surface area contributed by atoms with Gasteiger partial charge in [-0.05, 0) is 37.8 Å². The molecule has 1 aliphatic rings. The van der Waals surface area contributed by atoms with Gasteiger partial charge in [0, 0.05) is 18.4 Å².